The molecule has 5 aliphatic rings. The lowest BCUT2D eigenvalue weighted by atomic mass is 9.47. The van der Waals surface area contributed by atoms with E-state index in [1.807, 2.05) is 13.0 Å². The molecule has 7 atom stereocenters. The molecule has 5 aliphatic carbocycles. The van der Waals surface area contributed by atoms with E-state index >= 15 is 0 Å². The van der Waals surface area contributed by atoms with Gasteiger partial charge in [-0.15, -0.1) is 0 Å². The molecule has 0 heterocycles. The van der Waals surface area contributed by atoms with Gasteiger partial charge >= 0.3 is 0 Å². The van der Waals surface area contributed by atoms with Crippen molar-refractivity contribution in [1.29, 1.82) is 0 Å². The molecule has 0 amide bonds. The summed E-state index contributed by atoms with van der Waals surface area (Å²) in [5.41, 5.74) is 4.44. The van der Waals surface area contributed by atoms with Crippen LogP contribution in [-0.2, 0) is 9.59 Å². The van der Waals surface area contributed by atoms with E-state index in [-0.39, 0.29) is 22.2 Å². The van der Waals surface area contributed by atoms with Crippen LogP contribution in [0.5, 0.6) is 0 Å². The summed E-state index contributed by atoms with van der Waals surface area (Å²) in [5, 5.41) is 0. The number of carbonyl (C=O) groups is 2. The van der Waals surface area contributed by atoms with E-state index in [4.69, 9.17) is 0 Å². The van der Waals surface area contributed by atoms with Crippen LogP contribution in [0, 0.1) is 39.9 Å². The van der Waals surface area contributed by atoms with Gasteiger partial charge in [-0.1, -0.05) is 33.3 Å². The Balaban J connectivity index is 1.55. The van der Waals surface area contributed by atoms with Crippen LogP contribution in [0.1, 0.15) is 79.6 Å². The minimum atomic E-state index is 0.0460. The van der Waals surface area contributed by atoms with Crippen molar-refractivity contribution >= 4 is 11.6 Å². The molecule has 0 aromatic carbocycles. The van der Waals surface area contributed by atoms with Gasteiger partial charge in [0.25, 0.3) is 0 Å². The van der Waals surface area contributed by atoms with Crippen molar-refractivity contribution in [2.45, 2.75) is 79.6 Å². The van der Waals surface area contributed by atoms with Crippen molar-refractivity contribution in [3.8, 4) is 0 Å². The van der Waals surface area contributed by atoms with E-state index < -0.39 is 0 Å². The molecule has 2 nitrogen and oxygen atoms in total. The van der Waals surface area contributed by atoms with Gasteiger partial charge in [-0.2, -0.15) is 0 Å². The van der Waals surface area contributed by atoms with Crippen LogP contribution in [0.15, 0.2) is 22.8 Å². The average molecular weight is 367 g/mol. The van der Waals surface area contributed by atoms with Gasteiger partial charge in [0.15, 0.2) is 5.78 Å². The summed E-state index contributed by atoms with van der Waals surface area (Å²) in [4.78, 5) is 25.1. The van der Waals surface area contributed by atoms with Crippen molar-refractivity contribution in [2.75, 3.05) is 0 Å². The zero-order chi connectivity index (χ0) is 19.4. The predicted molar refractivity (Wildman–Crippen MR) is 107 cm³/mol. The molecule has 0 bridgehead atoms. The number of carbonyl (C=O) groups excluding carboxylic acids is 2. The van der Waals surface area contributed by atoms with E-state index in [1.54, 1.807) is 0 Å². The Morgan fingerprint density at radius 1 is 1.11 bits per heavy atom. The maximum Gasteiger partial charge on any atom is 0.182 e. The largest absolute Gasteiger partial charge is 0.300 e. The summed E-state index contributed by atoms with van der Waals surface area (Å²) < 4.78 is 0. The molecule has 0 aliphatic heterocycles. The molecule has 27 heavy (non-hydrogen) atoms. The van der Waals surface area contributed by atoms with Gasteiger partial charge in [-0.3, -0.25) is 9.59 Å². The molecule has 0 N–H and O–H groups in total. The van der Waals surface area contributed by atoms with Crippen molar-refractivity contribution in [3.63, 3.8) is 0 Å². The van der Waals surface area contributed by atoms with E-state index in [0.29, 0.717) is 23.4 Å². The summed E-state index contributed by atoms with van der Waals surface area (Å²) in [6.07, 6.45) is 10.1. The first-order valence-corrected chi connectivity index (χ1v) is 11.2. The maximum absolute atomic E-state index is 12.7. The minimum Gasteiger partial charge on any atom is -0.300 e. The third-order valence-corrected chi connectivity index (χ3v) is 10.2. The topological polar surface area (TPSA) is 34.1 Å². The molecule has 5 rings (SSSR count). The van der Waals surface area contributed by atoms with Crippen LogP contribution < -0.4 is 0 Å². The first kappa shape index (κ1) is 17.9. The second kappa shape index (κ2) is 5.24. The summed E-state index contributed by atoms with van der Waals surface area (Å²) in [5.74, 6) is 3.06. The molecule has 2 unspecified atom stereocenters. The fourth-order valence-electron chi connectivity index (χ4n) is 8.69. The number of rotatable bonds is 2. The van der Waals surface area contributed by atoms with E-state index in [1.165, 1.54) is 36.8 Å². The standard InChI is InChI=1S/C25H34O2/c1-6-23(3)21-20(27)13-15-7-8-16-18-10-9-17(14(2)26)24(18,4)12-11-19(16)25(15,5)22(21)23/h13,16-19H,6-12H2,1-5H3/t16-,17?,18-,19-,23?,24+,25-/m0/s1. The van der Waals surface area contributed by atoms with Crippen molar-refractivity contribution in [2.24, 2.45) is 39.9 Å². The second-order valence-electron chi connectivity index (χ2n) is 10.9. The summed E-state index contributed by atoms with van der Waals surface area (Å²) >= 11 is 0. The van der Waals surface area contributed by atoms with Gasteiger partial charge in [-0.25, -0.2) is 0 Å². The number of allylic oxidation sites excluding steroid dienone is 4. The normalized spacial score (nSPS) is 50.4. The Morgan fingerprint density at radius 3 is 2.52 bits per heavy atom. The molecular weight excluding hydrogens is 332 g/mol. The number of hydrogen-bond donors (Lipinski definition) is 0. The van der Waals surface area contributed by atoms with Crippen LogP contribution in [0.2, 0.25) is 0 Å². The van der Waals surface area contributed by atoms with Gasteiger partial charge in [0.05, 0.1) is 0 Å². The van der Waals surface area contributed by atoms with Gasteiger partial charge in [0, 0.05) is 22.3 Å². The fourth-order valence-corrected chi connectivity index (χ4v) is 8.69. The monoisotopic (exact) mass is 366 g/mol. The lowest BCUT2D eigenvalue weighted by molar-refractivity contribution is -0.127. The Hall–Kier alpha value is -1.18. The fraction of sp³-hybridized carbons (Fsp3) is 0.760. The second-order valence-corrected chi connectivity index (χ2v) is 10.9. The Bertz CT molecular complexity index is 816. The molecule has 3 fully saturated rings. The number of Topliss-reactive ketones (excluding diaryl/α,β-unsaturated/α-hetero) is 1. The Morgan fingerprint density at radius 2 is 1.85 bits per heavy atom. The lowest BCUT2D eigenvalue weighted by Crippen LogP contribution is -2.50. The Kier molecular flexibility index (Phi) is 3.47. The van der Waals surface area contributed by atoms with E-state index in [9.17, 15) is 9.59 Å². The van der Waals surface area contributed by atoms with Crippen LogP contribution in [0.4, 0.5) is 0 Å². The molecule has 0 spiro atoms. The highest BCUT2D eigenvalue weighted by Crippen LogP contribution is 2.74. The summed E-state index contributed by atoms with van der Waals surface area (Å²) in [6, 6.07) is 0. The van der Waals surface area contributed by atoms with Crippen molar-refractivity contribution < 1.29 is 9.59 Å². The maximum atomic E-state index is 12.7. The van der Waals surface area contributed by atoms with Gasteiger partial charge in [0.1, 0.15) is 5.78 Å². The molecular formula is C25H34O2. The van der Waals surface area contributed by atoms with Crippen molar-refractivity contribution in [1.82, 2.24) is 0 Å². The number of ketones is 2. The first-order valence-electron chi connectivity index (χ1n) is 11.2. The van der Waals surface area contributed by atoms with Crippen LogP contribution in [0.3, 0.4) is 0 Å². The van der Waals surface area contributed by atoms with Crippen LogP contribution >= 0.6 is 0 Å². The molecule has 3 saturated carbocycles. The first-order chi connectivity index (χ1) is 12.7. The van der Waals surface area contributed by atoms with Gasteiger partial charge in [-0.05, 0) is 86.7 Å². The molecule has 0 aromatic rings. The van der Waals surface area contributed by atoms with Crippen molar-refractivity contribution in [3.05, 3.63) is 22.8 Å². The van der Waals surface area contributed by atoms with E-state index in [0.717, 1.165) is 30.8 Å². The van der Waals surface area contributed by atoms with Crippen LogP contribution in [-0.4, -0.2) is 11.6 Å². The highest BCUT2D eigenvalue weighted by atomic mass is 16.1. The zero-order valence-electron chi connectivity index (χ0n) is 17.7. The van der Waals surface area contributed by atoms with Crippen LogP contribution in [0.25, 0.3) is 0 Å². The summed E-state index contributed by atoms with van der Waals surface area (Å²) in [7, 11) is 0. The average Bonchev–Trinajstić information content (AvgIpc) is 3.10. The zero-order valence-corrected chi connectivity index (χ0v) is 17.7. The molecule has 2 heteroatoms. The predicted octanol–water partition coefficient (Wildman–Crippen LogP) is 5.67. The molecule has 0 saturated heterocycles. The highest BCUT2D eigenvalue weighted by molar-refractivity contribution is 6.13. The number of fused-ring (bicyclic) bond motifs is 6. The Labute approximate surface area is 163 Å². The van der Waals surface area contributed by atoms with Gasteiger partial charge in [0.2, 0.25) is 0 Å². The number of hydrogen-bond acceptors (Lipinski definition) is 2. The smallest absolute Gasteiger partial charge is 0.182 e. The third-order valence-electron chi connectivity index (χ3n) is 10.2. The lowest BCUT2D eigenvalue weighted by Gasteiger charge is -2.57. The SMILES string of the molecule is CCC1(C)C2=C1[C@@]1(C)C(=CC2=O)CC[C@@H]2[C@@H]1CC[C@]1(C)C(C(C)=O)CC[C@@H]21. The minimum absolute atomic E-state index is 0.0460. The van der Waals surface area contributed by atoms with E-state index in [2.05, 4.69) is 27.7 Å². The highest BCUT2D eigenvalue weighted by Gasteiger charge is 2.67. The molecule has 146 valence electrons. The molecule has 0 radical (unpaired) electrons. The van der Waals surface area contributed by atoms with Gasteiger partial charge < -0.3 is 0 Å². The third kappa shape index (κ3) is 1.93. The quantitative estimate of drug-likeness (QED) is 0.631. The molecule has 0 aromatic heterocycles. The summed E-state index contributed by atoms with van der Waals surface area (Å²) in [6.45, 7) is 11.2.